The predicted molar refractivity (Wildman–Crippen MR) is 75.5 cm³/mol. The number of benzene rings is 1. The monoisotopic (exact) mass is 258 g/mol. The van der Waals surface area contributed by atoms with Crippen molar-refractivity contribution in [3.8, 4) is 5.75 Å². The first kappa shape index (κ1) is 13.2. The topological polar surface area (TPSA) is 54.1 Å². The molecule has 0 atom stereocenters. The molecule has 0 radical (unpaired) electrons. The van der Waals surface area contributed by atoms with Crippen molar-refractivity contribution >= 4 is 11.6 Å². The lowest BCUT2D eigenvalue weighted by Gasteiger charge is -2.09. The van der Waals surface area contributed by atoms with Gasteiger partial charge in [-0.05, 0) is 42.3 Å². The standard InChI is InChI=1S/C15H18N2O2/c1-11(2)10-19-13-7-5-12(6-8-13)17-15(18)14-4-3-9-16-14/h3-9,11,16H,10H2,1-2H3,(H,17,18). The van der Waals surface area contributed by atoms with E-state index in [0.717, 1.165) is 11.4 Å². The maximum Gasteiger partial charge on any atom is 0.272 e. The number of hydrogen-bond donors (Lipinski definition) is 2. The zero-order valence-electron chi connectivity index (χ0n) is 11.1. The van der Waals surface area contributed by atoms with Crippen molar-refractivity contribution < 1.29 is 9.53 Å². The SMILES string of the molecule is CC(C)COc1ccc(NC(=O)c2ccc[nH]2)cc1. The first-order chi connectivity index (χ1) is 9.15. The molecule has 0 aliphatic heterocycles. The predicted octanol–water partition coefficient (Wildman–Crippen LogP) is 3.30. The van der Waals surface area contributed by atoms with Gasteiger partial charge in [-0.3, -0.25) is 4.79 Å². The quantitative estimate of drug-likeness (QED) is 0.864. The maximum absolute atomic E-state index is 11.8. The van der Waals surface area contributed by atoms with Crippen LogP contribution in [0.3, 0.4) is 0 Å². The van der Waals surface area contributed by atoms with E-state index in [1.54, 1.807) is 18.3 Å². The van der Waals surface area contributed by atoms with Crippen LogP contribution in [-0.4, -0.2) is 17.5 Å². The molecule has 2 aromatic rings. The molecule has 1 amide bonds. The summed E-state index contributed by atoms with van der Waals surface area (Å²) < 4.78 is 5.58. The van der Waals surface area contributed by atoms with Crippen LogP contribution in [0.4, 0.5) is 5.69 Å². The fourth-order valence-electron chi connectivity index (χ4n) is 1.57. The Morgan fingerprint density at radius 1 is 1.26 bits per heavy atom. The summed E-state index contributed by atoms with van der Waals surface area (Å²) in [6.45, 7) is 4.89. The largest absolute Gasteiger partial charge is 0.493 e. The second-order valence-corrected chi connectivity index (χ2v) is 4.77. The molecule has 0 saturated heterocycles. The van der Waals surface area contributed by atoms with Gasteiger partial charge in [-0.25, -0.2) is 0 Å². The number of hydrogen-bond acceptors (Lipinski definition) is 2. The van der Waals surface area contributed by atoms with E-state index in [9.17, 15) is 4.79 Å². The van der Waals surface area contributed by atoms with Crippen molar-refractivity contribution in [1.29, 1.82) is 0 Å². The minimum absolute atomic E-state index is 0.152. The summed E-state index contributed by atoms with van der Waals surface area (Å²) in [6.07, 6.45) is 1.72. The molecule has 2 N–H and O–H groups in total. The number of carbonyl (C=O) groups excluding carboxylic acids is 1. The second-order valence-electron chi connectivity index (χ2n) is 4.77. The number of anilines is 1. The van der Waals surface area contributed by atoms with E-state index < -0.39 is 0 Å². The smallest absolute Gasteiger partial charge is 0.272 e. The summed E-state index contributed by atoms with van der Waals surface area (Å²) in [5, 5.41) is 2.81. The number of aromatic amines is 1. The van der Waals surface area contributed by atoms with Crippen LogP contribution in [0.2, 0.25) is 0 Å². The molecule has 0 saturated carbocycles. The number of H-pyrrole nitrogens is 1. The highest BCUT2D eigenvalue weighted by Crippen LogP contribution is 2.17. The summed E-state index contributed by atoms with van der Waals surface area (Å²) in [5.74, 6) is 1.15. The van der Waals surface area contributed by atoms with Gasteiger partial charge in [0.15, 0.2) is 0 Å². The van der Waals surface area contributed by atoms with E-state index in [1.807, 2.05) is 24.3 Å². The van der Waals surface area contributed by atoms with E-state index in [1.165, 1.54) is 0 Å². The molecule has 19 heavy (non-hydrogen) atoms. The summed E-state index contributed by atoms with van der Waals surface area (Å²) >= 11 is 0. The zero-order chi connectivity index (χ0) is 13.7. The third kappa shape index (κ3) is 3.88. The lowest BCUT2D eigenvalue weighted by molar-refractivity contribution is 0.102. The normalized spacial score (nSPS) is 10.5. The van der Waals surface area contributed by atoms with E-state index in [-0.39, 0.29) is 5.91 Å². The maximum atomic E-state index is 11.8. The van der Waals surface area contributed by atoms with Crippen LogP contribution < -0.4 is 10.1 Å². The van der Waals surface area contributed by atoms with Gasteiger partial charge in [-0.2, -0.15) is 0 Å². The van der Waals surface area contributed by atoms with Gasteiger partial charge in [0.1, 0.15) is 11.4 Å². The average Bonchev–Trinajstić information content (AvgIpc) is 2.92. The van der Waals surface area contributed by atoms with Gasteiger partial charge in [-0.15, -0.1) is 0 Å². The van der Waals surface area contributed by atoms with Crippen LogP contribution in [0.1, 0.15) is 24.3 Å². The molecule has 1 aromatic heterocycles. The molecule has 0 bridgehead atoms. The van der Waals surface area contributed by atoms with Crippen molar-refractivity contribution in [2.75, 3.05) is 11.9 Å². The Bertz CT molecular complexity index is 516. The molecular weight excluding hydrogens is 240 g/mol. The van der Waals surface area contributed by atoms with Gasteiger partial charge in [0.2, 0.25) is 0 Å². The zero-order valence-corrected chi connectivity index (χ0v) is 11.1. The molecule has 0 aliphatic rings. The fourth-order valence-corrected chi connectivity index (χ4v) is 1.57. The highest BCUT2D eigenvalue weighted by Gasteiger charge is 2.06. The molecule has 1 aromatic carbocycles. The average molecular weight is 258 g/mol. The molecule has 4 heteroatoms. The van der Waals surface area contributed by atoms with Crippen LogP contribution >= 0.6 is 0 Å². The van der Waals surface area contributed by atoms with E-state index in [2.05, 4.69) is 24.1 Å². The van der Waals surface area contributed by atoms with Crippen LogP contribution in [0.5, 0.6) is 5.75 Å². The number of ether oxygens (including phenoxy) is 1. The number of nitrogens with one attached hydrogen (secondary N) is 2. The molecule has 100 valence electrons. The molecule has 0 fully saturated rings. The van der Waals surface area contributed by atoms with Crippen LogP contribution in [0.15, 0.2) is 42.6 Å². The number of amides is 1. The van der Waals surface area contributed by atoms with Gasteiger partial charge in [0.25, 0.3) is 5.91 Å². The Balaban J connectivity index is 1.93. The third-order valence-corrected chi connectivity index (χ3v) is 2.54. The van der Waals surface area contributed by atoms with Crippen molar-refractivity contribution in [2.45, 2.75) is 13.8 Å². The lowest BCUT2D eigenvalue weighted by atomic mass is 10.2. The first-order valence-electron chi connectivity index (χ1n) is 6.33. The Hall–Kier alpha value is -2.23. The van der Waals surface area contributed by atoms with Gasteiger partial charge < -0.3 is 15.0 Å². The molecule has 0 spiro atoms. The van der Waals surface area contributed by atoms with Crippen LogP contribution in [0, 0.1) is 5.92 Å². The highest BCUT2D eigenvalue weighted by molar-refractivity contribution is 6.02. The highest BCUT2D eigenvalue weighted by atomic mass is 16.5. The Labute approximate surface area is 112 Å². The summed E-state index contributed by atoms with van der Waals surface area (Å²) in [4.78, 5) is 14.7. The van der Waals surface area contributed by atoms with Crippen LogP contribution in [0.25, 0.3) is 0 Å². The van der Waals surface area contributed by atoms with Gasteiger partial charge in [0, 0.05) is 11.9 Å². The molecular formula is C15H18N2O2. The first-order valence-corrected chi connectivity index (χ1v) is 6.33. The van der Waals surface area contributed by atoms with Crippen molar-refractivity contribution in [3.05, 3.63) is 48.3 Å². The number of rotatable bonds is 5. The Kier molecular flexibility index (Phi) is 4.23. The number of aromatic nitrogens is 1. The van der Waals surface area contributed by atoms with E-state index in [0.29, 0.717) is 18.2 Å². The van der Waals surface area contributed by atoms with Crippen molar-refractivity contribution in [1.82, 2.24) is 4.98 Å². The Morgan fingerprint density at radius 2 is 2.00 bits per heavy atom. The number of carbonyl (C=O) groups is 1. The van der Waals surface area contributed by atoms with Crippen LogP contribution in [-0.2, 0) is 0 Å². The second kappa shape index (κ2) is 6.09. The third-order valence-electron chi connectivity index (χ3n) is 2.54. The minimum atomic E-state index is -0.152. The minimum Gasteiger partial charge on any atom is -0.493 e. The van der Waals surface area contributed by atoms with E-state index in [4.69, 9.17) is 4.74 Å². The summed E-state index contributed by atoms with van der Waals surface area (Å²) in [5.41, 5.74) is 1.29. The van der Waals surface area contributed by atoms with Gasteiger partial charge >= 0.3 is 0 Å². The summed E-state index contributed by atoms with van der Waals surface area (Å²) in [7, 11) is 0. The molecule has 1 heterocycles. The van der Waals surface area contributed by atoms with Gasteiger partial charge in [-0.1, -0.05) is 13.8 Å². The lowest BCUT2D eigenvalue weighted by Crippen LogP contribution is -2.12. The summed E-state index contributed by atoms with van der Waals surface area (Å²) in [6, 6.07) is 10.9. The van der Waals surface area contributed by atoms with Crippen molar-refractivity contribution in [3.63, 3.8) is 0 Å². The molecule has 2 rings (SSSR count). The molecule has 0 unspecified atom stereocenters. The van der Waals surface area contributed by atoms with E-state index >= 15 is 0 Å². The van der Waals surface area contributed by atoms with Gasteiger partial charge in [0.05, 0.1) is 6.61 Å². The van der Waals surface area contributed by atoms with Crippen molar-refractivity contribution in [2.24, 2.45) is 5.92 Å². The fraction of sp³-hybridized carbons (Fsp3) is 0.267. The Morgan fingerprint density at radius 3 is 2.58 bits per heavy atom. The molecule has 4 nitrogen and oxygen atoms in total. The molecule has 0 aliphatic carbocycles.